The highest BCUT2D eigenvalue weighted by molar-refractivity contribution is 7.99. The van der Waals surface area contributed by atoms with Crippen molar-refractivity contribution >= 4 is 69.9 Å². The van der Waals surface area contributed by atoms with Gasteiger partial charge < -0.3 is 16.0 Å². The van der Waals surface area contributed by atoms with Crippen LogP contribution in [-0.4, -0.2) is 21.8 Å². The van der Waals surface area contributed by atoms with E-state index < -0.39 is 23.3 Å². The van der Waals surface area contributed by atoms with E-state index >= 15 is 0 Å². The van der Waals surface area contributed by atoms with Crippen LogP contribution < -0.4 is 21.5 Å². The van der Waals surface area contributed by atoms with Crippen molar-refractivity contribution < 1.29 is 9.59 Å². The van der Waals surface area contributed by atoms with Crippen LogP contribution >= 0.6 is 35.0 Å². The fourth-order valence-corrected chi connectivity index (χ4v) is 5.36. The summed E-state index contributed by atoms with van der Waals surface area (Å²) in [6.07, 6.45) is -0.186. The number of anilines is 4. The van der Waals surface area contributed by atoms with E-state index in [1.165, 1.54) is 11.8 Å². The molecule has 0 radical (unpaired) electrons. The van der Waals surface area contributed by atoms with Crippen LogP contribution in [-0.2, 0) is 9.59 Å². The van der Waals surface area contributed by atoms with E-state index in [1.807, 2.05) is 42.5 Å². The first-order chi connectivity index (χ1) is 17.9. The Labute approximate surface area is 225 Å². The lowest BCUT2D eigenvalue weighted by atomic mass is 9.92. The number of nitrogens with one attached hydrogen (secondary N) is 4. The number of rotatable bonds is 6. The maximum Gasteiger partial charge on any atom is 0.258 e. The van der Waals surface area contributed by atoms with E-state index in [-0.39, 0.29) is 23.8 Å². The highest BCUT2D eigenvalue weighted by atomic mass is 35.5. The first kappa shape index (κ1) is 24.9. The zero-order chi connectivity index (χ0) is 25.9. The molecule has 186 valence electrons. The van der Waals surface area contributed by atoms with Crippen LogP contribution in [0.25, 0.3) is 0 Å². The number of carbonyl (C=O) groups excluding carboxylic acids is 2. The molecule has 3 aromatic carbocycles. The number of nitrogens with zero attached hydrogens (tertiary/aromatic N) is 1. The van der Waals surface area contributed by atoms with Gasteiger partial charge in [0.2, 0.25) is 17.8 Å². The van der Waals surface area contributed by atoms with Crippen molar-refractivity contribution in [2.24, 2.45) is 0 Å². The summed E-state index contributed by atoms with van der Waals surface area (Å²) in [4.78, 5) is 47.7. The van der Waals surface area contributed by atoms with E-state index in [4.69, 9.17) is 23.2 Å². The van der Waals surface area contributed by atoms with Crippen LogP contribution in [0.4, 0.5) is 23.1 Å². The summed E-state index contributed by atoms with van der Waals surface area (Å²) in [6.45, 7) is 0. The number of benzene rings is 3. The first-order valence-electron chi connectivity index (χ1n) is 11.2. The molecule has 0 spiro atoms. The van der Waals surface area contributed by atoms with Gasteiger partial charge in [0.15, 0.2) is 0 Å². The maximum atomic E-state index is 13.4. The van der Waals surface area contributed by atoms with Gasteiger partial charge in [-0.05, 0) is 42.5 Å². The number of carbonyl (C=O) groups is 2. The van der Waals surface area contributed by atoms with Crippen LogP contribution in [0.15, 0.2) is 87.4 Å². The van der Waals surface area contributed by atoms with Gasteiger partial charge in [0.1, 0.15) is 5.82 Å². The van der Waals surface area contributed by atoms with Crippen molar-refractivity contribution in [1.82, 2.24) is 9.97 Å². The molecule has 1 aliphatic rings. The topological polar surface area (TPSA) is 116 Å². The van der Waals surface area contributed by atoms with Crippen LogP contribution in [0.5, 0.6) is 0 Å². The molecule has 0 fully saturated rings. The quantitative estimate of drug-likeness (QED) is 0.232. The van der Waals surface area contributed by atoms with Gasteiger partial charge in [-0.3, -0.25) is 19.4 Å². The smallest absolute Gasteiger partial charge is 0.258 e. The van der Waals surface area contributed by atoms with E-state index in [1.54, 1.807) is 30.3 Å². The summed E-state index contributed by atoms with van der Waals surface area (Å²) in [5.74, 6) is -1.85. The Kier molecular flexibility index (Phi) is 7.18. The highest BCUT2D eigenvalue weighted by Crippen LogP contribution is 2.35. The fourth-order valence-electron chi connectivity index (χ4n) is 3.91. The Balaban J connectivity index is 1.42. The Morgan fingerprint density at radius 2 is 1.68 bits per heavy atom. The summed E-state index contributed by atoms with van der Waals surface area (Å²) < 4.78 is 0. The summed E-state index contributed by atoms with van der Waals surface area (Å²) >= 11 is 13.6. The normalized spacial score (nSPS) is 14.4. The molecule has 1 aliphatic heterocycles. The molecule has 2 heterocycles. The molecule has 2 amide bonds. The molecule has 0 saturated heterocycles. The molecule has 0 saturated carbocycles. The molecule has 4 aromatic rings. The average Bonchev–Trinajstić information content (AvgIpc) is 2.84. The van der Waals surface area contributed by atoms with Gasteiger partial charge in [-0.25, -0.2) is 0 Å². The second kappa shape index (κ2) is 10.7. The molecule has 1 atom stereocenters. The van der Waals surface area contributed by atoms with Crippen molar-refractivity contribution in [2.75, 3.05) is 16.0 Å². The molecule has 1 aromatic heterocycles. The number of aromatic amines is 1. The zero-order valence-corrected chi connectivity index (χ0v) is 21.4. The largest absolute Gasteiger partial charge is 0.326 e. The van der Waals surface area contributed by atoms with Gasteiger partial charge in [-0.1, -0.05) is 65.3 Å². The Morgan fingerprint density at radius 3 is 2.43 bits per heavy atom. The first-order valence-corrected chi connectivity index (χ1v) is 12.7. The van der Waals surface area contributed by atoms with E-state index in [0.717, 1.165) is 9.79 Å². The lowest BCUT2D eigenvalue weighted by Crippen LogP contribution is -2.36. The number of halogens is 2. The lowest BCUT2D eigenvalue weighted by Gasteiger charge is -2.24. The van der Waals surface area contributed by atoms with Crippen LogP contribution in [0.2, 0.25) is 10.0 Å². The number of hydrogen-bond acceptors (Lipinski definition) is 6. The predicted molar refractivity (Wildman–Crippen MR) is 146 cm³/mol. The van der Waals surface area contributed by atoms with E-state index in [9.17, 15) is 14.4 Å². The van der Waals surface area contributed by atoms with Gasteiger partial charge in [0.25, 0.3) is 5.56 Å². The number of aromatic nitrogens is 2. The highest BCUT2D eigenvalue weighted by Gasteiger charge is 2.35. The van der Waals surface area contributed by atoms with Gasteiger partial charge in [0.05, 0.1) is 17.2 Å². The number of hydrogen-bond donors (Lipinski definition) is 4. The molecule has 8 nitrogen and oxygen atoms in total. The number of fused-ring (bicyclic) bond motifs is 1. The van der Waals surface area contributed by atoms with Crippen molar-refractivity contribution in [1.29, 1.82) is 0 Å². The van der Waals surface area contributed by atoms with Crippen LogP contribution in [0, 0.1) is 0 Å². The molecule has 0 bridgehead atoms. The number of para-hydroxylation sites is 1. The summed E-state index contributed by atoms with van der Waals surface area (Å²) in [5.41, 5.74) is 0.603. The zero-order valence-electron chi connectivity index (χ0n) is 19.0. The lowest BCUT2D eigenvalue weighted by molar-refractivity contribution is -0.123. The molecule has 5 rings (SSSR count). The standard InChI is InChI=1S/C26H19Cl2N5O3S/c27-14-10-15(28)12-16(11-14)29-26-32-23-22(25(36)33-26)18(13-21(34)31-23)24(35)30-19-8-4-5-9-20(19)37-17-6-2-1-3-7-17/h1-12,18H,13H2,(H,30,35)(H3,29,31,32,33,34,36)/t18-/m0/s1. The summed E-state index contributed by atoms with van der Waals surface area (Å²) in [5, 5.41) is 9.19. The molecule has 11 heteroatoms. The predicted octanol–water partition coefficient (Wildman–Crippen LogP) is 6.04. The molecule has 4 N–H and O–H groups in total. The van der Waals surface area contributed by atoms with Gasteiger partial charge in [0, 0.05) is 31.9 Å². The second-order valence-corrected chi connectivity index (χ2v) is 10.2. The monoisotopic (exact) mass is 551 g/mol. The van der Waals surface area contributed by atoms with Gasteiger partial charge >= 0.3 is 0 Å². The van der Waals surface area contributed by atoms with Crippen molar-refractivity contribution in [3.05, 3.63) is 98.8 Å². The van der Waals surface area contributed by atoms with E-state index in [0.29, 0.717) is 21.4 Å². The Morgan fingerprint density at radius 1 is 0.973 bits per heavy atom. The van der Waals surface area contributed by atoms with Gasteiger partial charge in [-0.2, -0.15) is 4.98 Å². The van der Waals surface area contributed by atoms with Crippen molar-refractivity contribution in [3.8, 4) is 0 Å². The second-order valence-electron chi connectivity index (χ2n) is 8.17. The molecule has 37 heavy (non-hydrogen) atoms. The maximum absolute atomic E-state index is 13.4. The third-order valence-corrected chi connectivity index (χ3v) is 7.03. The minimum Gasteiger partial charge on any atom is -0.326 e. The average molecular weight is 552 g/mol. The summed E-state index contributed by atoms with van der Waals surface area (Å²) in [7, 11) is 0. The van der Waals surface area contributed by atoms with Crippen LogP contribution in [0.3, 0.4) is 0 Å². The molecular weight excluding hydrogens is 533 g/mol. The van der Waals surface area contributed by atoms with Gasteiger partial charge in [-0.15, -0.1) is 0 Å². The molecule has 0 aliphatic carbocycles. The molecule has 0 unspecified atom stereocenters. The molecular formula is C26H19Cl2N5O3S. The number of amides is 2. The summed E-state index contributed by atoms with van der Waals surface area (Å²) in [6, 6.07) is 21.9. The van der Waals surface area contributed by atoms with Crippen LogP contribution in [0.1, 0.15) is 17.9 Å². The minimum absolute atomic E-state index is 0.0164. The fraction of sp³-hybridized carbons (Fsp3) is 0.0769. The third-order valence-electron chi connectivity index (χ3n) is 5.51. The minimum atomic E-state index is -1.02. The van der Waals surface area contributed by atoms with Crippen molar-refractivity contribution in [2.45, 2.75) is 22.1 Å². The Bertz CT molecular complexity index is 1540. The SMILES string of the molecule is O=C1C[C@H](C(=O)Nc2ccccc2Sc2ccccc2)c2c(nc(Nc3cc(Cl)cc(Cl)c3)[nH]c2=O)N1. The van der Waals surface area contributed by atoms with Crippen molar-refractivity contribution in [3.63, 3.8) is 0 Å². The van der Waals surface area contributed by atoms with E-state index in [2.05, 4.69) is 25.9 Å². The Hall–Kier alpha value is -3.79. The third kappa shape index (κ3) is 5.80. The number of H-pyrrole nitrogens is 1.